The molecule has 3 rings (SSSR count). The van der Waals surface area contributed by atoms with E-state index in [1.807, 2.05) is 54.8 Å². The molecule has 0 N–H and O–H groups in total. The van der Waals surface area contributed by atoms with Gasteiger partial charge in [-0.25, -0.2) is 0 Å². The molecule has 0 aliphatic rings. The summed E-state index contributed by atoms with van der Waals surface area (Å²) in [6, 6.07) is 9.69. The number of pyridine rings is 1. The highest BCUT2D eigenvalue weighted by molar-refractivity contribution is 9.08. The monoisotopic (exact) mass is 364 g/mol. The van der Waals surface area contributed by atoms with Crippen molar-refractivity contribution in [1.82, 2.24) is 9.38 Å². The first-order chi connectivity index (χ1) is 10.1. The van der Waals surface area contributed by atoms with Gasteiger partial charge in [0, 0.05) is 16.5 Å². The average molecular weight is 366 g/mol. The highest BCUT2D eigenvalue weighted by Crippen LogP contribution is 2.33. The molecule has 3 nitrogen and oxygen atoms in total. The minimum absolute atomic E-state index is 0.617. The topological polar surface area (TPSA) is 26.5 Å². The van der Waals surface area contributed by atoms with Gasteiger partial charge in [-0.1, -0.05) is 33.6 Å². The van der Waals surface area contributed by atoms with Gasteiger partial charge in [-0.05, 0) is 49.2 Å². The zero-order valence-corrected chi connectivity index (χ0v) is 14.1. The molecule has 0 radical (unpaired) electrons. The second-order valence-corrected chi connectivity index (χ2v) is 5.89. The van der Waals surface area contributed by atoms with Crippen LogP contribution in [0.2, 0.25) is 5.02 Å². The van der Waals surface area contributed by atoms with Crippen LogP contribution in [0.25, 0.3) is 5.65 Å². The molecule has 0 amide bonds. The molecule has 1 aromatic carbocycles. The molecule has 21 heavy (non-hydrogen) atoms. The predicted octanol–water partition coefficient (Wildman–Crippen LogP) is 5.29. The summed E-state index contributed by atoms with van der Waals surface area (Å²) in [7, 11) is 0. The van der Waals surface area contributed by atoms with E-state index >= 15 is 0 Å². The standard InChI is InChI=1S/C16H14BrClN2O/c1-10-7-12(18)8-11(2)15(10)21-16-13(9-17)20-6-4-3-5-14(20)19-16/h3-8H,9H2,1-2H3. The Hall–Kier alpha value is -1.52. The lowest BCUT2D eigenvalue weighted by Crippen LogP contribution is -1.95. The van der Waals surface area contributed by atoms with Crippen molar-refractivity contribution in [3.05, 3.63) is 58.4 Å². The molecule has 0 bridgehead atoms. The molecule has 0 aliphatic carbocycles. The number of fused-ring (bicyclic) bond motifs is 1. The van der Waals surface area contributed by atoms with Crippen molar-refractivity contribution < 1.29 is 4.74 Å². The van der Waals surface area contributed by atoms with Crippen molar-refractivity contribution in [2.75, 3.05) is 0 Å². The molecule has 0 saturated heterocycles. The molecule has 2 heterocycles. The van der Waals surface area contributed by atoms with Crippen LogP contribution in [0.1, 0.15) is 16.8 Å². The SMILES string of the molecule is Cc1cc(Cl)cc(C)c1Oc1nc2ccccn2c1CBr. The zero-order valence-electron chi connectivity index (χ0n) is 11.7. The van der Waals surface area contributed by atoms with Gasteiger partial charge in [0.05, 0.1) is 5.69 Å². The van der Waals surface area contributed by atoms with Crippen molar-refractivity contribution in [2.24, 2.45) is 0 Å². The van der Waals surface area contributed by atoms with Gasteiger partial charge in [-0.15, -0.1) is 0 Å². The van der Waals surface area contributed by atoms with Gasteiger partial charge in [0.25, 0.3) is 0 Å². The lowest BCUT2D eigenvalue weighted by Gasteiger charge is -2.11. The number of ether oxygens (including phenoxy) is 1. The van der Waals surface area contributed by atoms with Crippen LogP contribution in [0.4, 0.5) is 0 Å². The van der Waals surface area contributed by atoms with Gasteiger partial charge in [-0.2, -0.15) is 4.98 Å². The van der Waals surface area contributed by atoms with Gasteiger partial charge in [0.1, 0.15) is 11.4 Å². The third kappa shape index (κ3) is 2.65. The van der Waals surface area contributed by atoms with Crippen LogP contribution in [-0.4, -0.2) is 9.38 Å². The number of rotatable bonds is 3. The van der Waals surface area contributed by atoms with Crippen LogP contribution in [0.15, 0.2) is 36.5 Å². The lowest BCUT2D eigenvalue weighted by atomic mass is 10.1. The summed E-state index contributed by atoms with van der Waals surface area (Å²) in [5.74, 6) is 1.43. The van der Waals surface area contributed by atoms with E-state index in [-0.39, 0.29) is 0 Å². The van der Waals surface area contributed by atoms with Crippen LogP contribution in [0.3, 0.4) is 0 Å². The number of hydrogen-bond donors (Lipinski definition) is 0. The van der Waals surface area contributed by atoms with Crippen molar-refractivity contribution >= 4 is 33.2 Å². The van der Waals surface area contributed by atoms with E-state index in [0.29, 0.717) is 16.2 Å². The fraction of sp³-hybridized carbons (Fsp3) is 0.188. The molecule has 0 spiro atoms. The number of nitrogens with zero attached hydrogens (tertiary/aromatic N) is 2. The molecule has 108 valence electrons. The van der Waals surface area contributed by atoms with E-state index in [9.17, 15) is 0 Å². The number of halogens is 2. The predicted molar refractivity (Wildman–Crippen MR) is 88.8 cm³/mol. The molecule has 2 aromatic heterocycles. The van der Waals surface area contributed by atoms with Gasteiger partial charge < -0.3 is 4.74 Å². The van der Waals surface area contributed by atoms with Gasteiger partial charge >= 0.3 is 0 Å². The first-order valence-corrected chi connectivity index (χ1v) is 8.06. The molecule has 0 aliphatic heterocycles. The number of hydrogen-bond acceptors (Lipinski definition) is 2. The number of aromatic nitrogens is 2. The average Bonchev–Trinajstić information content (AvgIpc) is 2.80. The minimum atomic E-state index is 0.617. The van der Waals surface area contributed by atoms with Gasteiger partial charge in [0.2, 0.25) is 5.88 Å². The summed E-state index contributed by atoms with van der Waals surface area (Å²) in [5, 5.41) is 1.38. The maximum absolute atomic E-state index is 6.08. The second-order valence-electron chi connectivity index (χ2n) is 4.90. The van der Waals surface area contributed by atoms with Crippen molar-refractivity contribution in [3.8, 4) is 11.6 Å². The normalized spacial score (nSPS) is 11.0. The molecule has 5 heteroatoms. The number of benzene rings is 1. The largest absolute Gasteiger partial charge is 0.437 e. The van der Waals surface area contributed by atoms with Crippen molar-refractivity contribution in [3.63, 3.8) is 0 Å². The fourth-order valence-electron chi connectivity index (χ4n) is 2.38. The van der Waals surface area contributed by atoms with E-state index in [2.05, 4.69) is 20.9 Å². The Balaban J connectivity index is 2.10. The maximum atomic E-state index is 6.08. The summed E-state index contributed by atoms with van der Waals surface area (Å²) in [6.07, 6.45) is 1.98. The Bertz CT molecular complexity index is 790. The number of alkyl halides is 1. The van der Waals surface area contributed by atoms with Crippen LogP contribution in [0.5, 0.6) is 11.6 Å². The van der Waals surface area contributed by atoms with Crippen molar-refractivity contribution in [2.45, 2.75) is 19.2 Å². The summed E-state index contributed by atoms with van der Waals surface area (Å²) in [6.45, 7) is 3.97. The van der Waals surface area contributed by atoms with Crippen LogP contribution in [-0.2, 0) is 5.33 Å². The first kappa shape index (κ1) is 14.4. The highest BCUT2D eigenvalue weighted by Gasteiger charge is 2.15. The van der Waals surface area contributed by atoms with E-state index < -0.39 is 0 Å². The Kier molecular flexibility index (Phi) is 3.91. The number of aryl methyl sites for hydroxylation is 2. The summed E-state index contributed by atoms with van der Waals surface area (Å²) in [5.41, 5.74) is 3.85. The second kappa shape index (κ2) is 5.70. The van der Waals surface area contributed by atoms with E-state index in [0.717, 1.165) is 28.2 Å². The Morgan fingerprint density at radius 1 is 1.24 bits per heavy atom. The van der Waals surface area contributed by atoms with E-state index in [1.165, 1.54) is 0 Å². The fourth-order valence-corrected chi connectivity index (χ4v) is 3.22. The molecule has 0 fully saturated rings. The van der Waals surface area contributed by atoms with Crippen LogP contribution < -0.4 is 4.74 Å². The molecular weight excluding hydrogens is 352 g/mol. The van der Waals surface area contributed by atoms with Crippen LogP contribution >= 0.6 is 27.5 Å². The molecule has 0 unspecified atom stereocenters. The molecular formula is C16H14BrClN2O. The van der Waals surface area contributed by atoms with E-state index in [1.54, 1.807) is 0 Å². The highest BCUT2D eigenvalue weighted by atomic mass is 79.9. The third-order valence-electron chi connectivity index (χ3n) is 3.34. The molecule has 3 aromatic rings. The summed E-state index contributed by atoms with van der Waals surface area (Å²) >= 11 is 9.57. The van der Waals surface area contributed by atoms with Gasteiger partial charge in [-0.3, -0.25) is 4.40 Å². The maximum Gasteiger partial charge on any atom is 0.242 e. The smallest absolute Gasteiger partial charge is 0.242 e. The Labute approximate surface area is 136 Å². The molecule has 0 atom stereocenters. The first-order valence-electron chi connectivity index (χ1n) is 6.56. The van der Waals surface area contributed by atoms with Gasteiger partial charge in [0.15, 0.2) is 0 Å². The minimum Gasteiger partial charge on any atom is -0.437 e. The summed E-state index contributed by atoms with van der Waals surface area (Å²) < 4.78 is 8.10. The van der Waals surface area contributed by atoms with E-state index in [4.69, 9.17) is 16.3 Å². The summed E-state index contributed by atoms with van der Waals surface area (Å²) in [4.78, 5) is 4.56. The van der Waals surface area contributed by atoms with Crippen molar-refractivity contribution in [1.29, 1.82) is 0 Å². The number of imidazole rings is 1. The van der Waals surface area contributed by atoms with Crippen LogP contribution in [0, 0.1) is 13.8 Å². The zero-order chi connectivity index (χ0) is 15.0. The molecule has 0 saturated carbocycles. The quantitative estimate of drug-likeness (QED) is 0.589. The lowest BCUT2D eigenvalue weighted by molar-refractivity contribution is 0.455. The Morgan fingerprint density at radius 2 is 1.95 bits per heavy atom. The Morgan fingerprint density at radius 3 is 2.62 bits per heavy atom. The third-order valence-corrected chi connectivity index (χ3v) is 4.09.